The van der Waals surface area contributed by atoms with E-state index in [1.807, 2.05) is 6.92 Å². The summed E-state index contributed by atoms with van der Waals surface area (Å²) < 4.78 is 1.08. The Labute approximate surface area is 130 Å². The van der Waals surface area contributed by atoms with E-state index >= 15 is 0 Å². The van der Waals surface area contributed by atoms with Crippen LogP contribution in [0.15, 0.2) is 15.9 Å². The zero-order valence-corrected chi connectivity index (χ0v) is 13.0. The molecule has 8 nitrogen and oxygen atoms in total. The van der Waals surface area contributed by atoms with Gasteiger partial charge in [0.25, 0.3) is 0 Å². The van der Waals surface area contributed by atoms with Gasteiger partial charge in [-0.25, -0.2) is 9.97 Å². The van der Waals surface area contributed by atoms with Crippen molar-refractivity contribution in [1.82, 2.24) is 19.3 Å². The Morgan fingerprint density at radius 2 is 2.00 bits per heavy atom. The molecule has 96 valence electrons. The number of fused-ring (bicyclic) bond motifs is 1. The SMILES string of the molecule is CCCNc1ncnc2c1n([O-])c(=O)c(=O)n2C.[Na+]. The molecule has 0 fully saturated rings. The average molecular weight is 273 g/mol. The van der Waals surface area contributed by atoms with Crippen LogP contribution in [0.2, 0.25) is 0 Å². The second-order valence-electron chi connectivity index (χ2n) is 3.78. The van der Waals surface area contributed by atoms with Gasteiger partial charge in [0.05, 0.1) is 0 Å². The first-order valence-corrected chi connectivity index (χ1v) is 5.46. The fourth-order valence-corrected chi connectivity index (χ4v) is 1.60. The van der Waals surface area contributed by atoms with Crippen molar-refractivity contribution in [3.05, 3.63) is 32.2 Å². The Hall–Kier alpha value is -1.38. The van der Waals surface area contributed by atoms with Crippen molar-refractivity contribution in [2.24, 2.45) is 7.05 Å². The normalized spacial score (nSPS) is 10.2. The van der Waals surface area contributed by atoms with Gasteiger partial charge in [-0.1, -0.05) is 6.92 Å². The van der Waals surface area contributed by atoms with Crippen LogP contribution in [0.3, 0.4) is 0 Å². The van der Waals surface area contributed by atoms with Crippen molar-refractivity contribution in [2.45, 2.75) is 13.3 Å². The van der Waals surface area contributed by atoms with Gasteiger partial charge in [0.15, 0.2) is 11.5 Å². The average Bonchev–Trinajstić information content (AvgIpc) is 2.40. The Morgan fingerprint density at radius 1 is 1.32 bits per heavy atom. The van der Waals surface area contributed by atoms with Crippen LogP contribution in [0.4, 0.5) is 5.82 Å². The summed E-state index contributed by atoms with van der Waals surface area (Å²) in [6.07, 6.45) is 2.07. The Bertz CT molecular complexity index is 709. The monoisotopic (exact) mass is 273 g/mol. The third kappa shape index (κ3) is 2.65. The fraction of sp³-hybridized carbons (Fsp3) is 0.400. The van der Waals surface area contributed by atoms with Crippen molar-refractivity contribution in [2.75, 3.05) is 11.9 Å². The van der Waals surface area contributed by atoms with Gasteiger partial charge in [-0.15, -0.1) is 0 Å². The van der Waals surface area contributed by atoms with Gasteiger partial charge in [-0.05, 0) is 6.42 Å². The molecule has 2 rings (SSSR count). The van der Waals surface area contributed by atoms with Gasteiger partial charge >= 0.3 is 40.7 Å². The van der Waals surface area contributed by atoms with E-state index in [2.05, 4.69) is 15.3 Å². The quantitative estimate of drug-likeness (QED) is 0.463. The second kappa shape index (κ2) is 6.18. The number of rotatable bonds is 3. The molecule has 0 amide bonds. The zero-order valence-electron chi connectivity index (χ0n) is 11.0. The minimum Gasteiger partial charge on any atom is -0.803 e. The van der Waals surface area contributed by atoms with Gasteiger partial charge in [0.2, 0.25) is 0 Å². The molecule has 2 aromatic rings. The topological polar surface area (TPSA) is 105 Å². The molecule has 2 heterocycles. The number of nitrogens with one attached hydrogen (secondary N) is 1. The van der Waals surface area contributed by atoms with Gasteiger partial charge < -0.3 is 15.3 Å². The van der Waals surface area contributed by atoms with Crippen LogP contribution < -0.4 is 46.0 Å². The van der Waals surface area contributed by atoms with Gasteiger partial charge in [-0.3, -0.25) is 14.2 Å². The molecule has 0 radical (unpaired) electrons. The Kier molecular flexibility index (Phi) is 5.10. The van der Waals surface area contributed by atoms with Crippen LogP contribution in [-0.2, 0) is 7.05 Å². The zero-order chi connectivity index (χ0) is 13.3. The molecule has 0 bridgehead atoms. The first-order valence-electron chi connectivity index (χ1n) is 5.46. The third-order valence-corrected chi connectivity index (χ3v) is 2.54. The maximum absolute atomic E-state index is 11.8. The predicted molar refractivity (Wildman–Crippen MR) is 66.6 cm³/mol. The Morgan fingerprint density at radius 3 is 2.63 bits per heavy atom. The van der Waals surface area contributed by atoms with Crippen LogP contribution in [0, 0.1) is 5.21 Å². The number of anilines is 1. The van der Waals surface area contributed by atoms with Crippen molar-refractivity contribution in [1.29, 1.82) is 0 Å². The smallest absolute Gasteiger partial charge is 0.803 e. The van der Waals surface area contributed by atoms with Gasteiger partial charge in [-0.2, -0.15) is 0 Å². The molecule has 2 aromatic heterocycles. The summed E-state index contributed by atoms with van der Waals surface area (Å²) >= 11 is 0. The summed E-state index contributed by atoms with van der Waals surface area (Å²) in [5.41, 5.74) is -1.93. The maximum atomic E-state index is 11.8. The van der Waals surface area contributed by atoms with Crippen LogP contribution in [0.25, 0.3) is 11.2 Å². The number of hydrogen-bond acceptors (Lipinski definition) is 6. The van der Waals surface area contributed by atoms with E-state index in [9.17, 15) is 14.8 Å². The standard InChI is InChI=1S/C10H12N5O3.Na/c1-3-4-11-7-6-8(13-5-12-7)14(2)9(16)10(17)15(6)18;/h5H,3-4H2,1-2H3,(H,11,12,13);/q-1;+1. The van der Waals surface area contributed by atoms with Crippen LogP contribution in [0.1, 0.15) is 13.3 Å². The van der Waals surface area contributed by atoms with Crippen LogP contribution >= 0.6 is 0 Å². The molecule has 9 heteroatoms. The molecular weight excluding hydrogens is 261 g/mol. The third-order valence-electron chi connectivity index (χ3n) is 2.54. The molecular formula is C10H12N5NaO3. The summed E-state index contributed by atoms with van der Waals surface area (Å²) in [6.45, 7) is 2.56. The number of aromatic nitrogens is 4. The summed E-state index contributed by atoms with van der Waals surface area (Å²) in [6, 6.07) is 0. The van der Waals surface area contributed by atoms with E-state index in [1.165, 1.54) is 13.4 Å². The minimum atomic E-state index is -1.14. The molecule has 0 unspecified atom stereocenters. The molecule has 0 saturated carbocycles. The summed E-state index contributed by atoms with van der Waals surface area (Å²) in [5, 5.41) is 14.7. The van der Waals surface area contributed by atoms with E-state index in [0.29, 0.717) is 6.54 Å². The number of hydrogen-bond donors (Lipinski definition) is 1. The van der Waals surface area contributed by atoms with Crippen molar-refractivity contribution in [3.8, 4) is 0 Å². The predicted octanol–water partition coefficient (Wildman–Crippen LogP) is -3.34. The molecule has 0 aliphatic rings. The van der Waals surface area contributed by atoms with Crippen molar-refractivity contribution in [3.63, 3.8) is 0 Å². The molecule has 0 atom stereocenters. The van der Waals surface area contributed by atoms with Gasteiger partial charge in [0, 0.05) is 13.6 Å². The van der Waals surface area contributed by atoms with Crippen LogP contribution in [-0.4, -0.2) is 25.8 Å². The van der Waals surface area contributed by atoms with Gasteiger partial charge in [0.1, 0.15) is 11.8 Å². The molecule has 0 saturated heterocycles. The van der Waals surface area contributed by atoms with E-state index in [-0.39, 0.29) is 51.3 Å². The van der Waals surface area contributed by atoms with E-state index < -0.39 is 11.1 Å². The summed E-state index contributed by atoms with van der Waals surface area (Å²) in [7, 11) is 1.39. The molecule has 0 aliphatic heterocycles. The van der Waals surface area contributed by atoms with Crippen molar-refractivity contribution >= 4 is 17.0 Å². The molecule has 0 spiro atoms. The van der Waals surface area contributed by atoms with E-state index in [0.717, 1.165) is 11.0 Å². The fourth-order valence-electron chi connectivity index (χ4n) is 1.60. The number of nitrogens with zero attached hydrogens (tertiary/aromatic N) is 4. The molecule has 0 aliphatic carbocycles. The summed E-state index contributed by atoms with van der Waals surface area (Å²) in [5.74, 6) is 0.254. The van der Waals surface area contributed by atoms with Crippen LogP contribution in [0.5, 0.6) is 0 Å². The second-order valence-corrected chi connectivity index (χ2v) is 3.78. The molecule has 19 heavy (non-hydrogen) atoms. The minimum absolute atomic E-state index is 0. The van der Waals surface area contributed by atoms with Crippen molar-refractivity contribution < 1.29 is 29.6 Å². The maximum Gasteiger partial charge on any atom is 1.00 e. The first kappa shape index (κ1) is 15.7. The first-order chi connectivity index (χ1) is 8.57. The molecule has 1 N–H and O–H groups in total. The number of aryl methyl sites for hydroxylation is 1. The van der Waals surface area contributed by atoms with E-state index in [4.69, 9.17) is 0 Å². The largest absolute Gasteiger partial charge is 1.00 e. The van der Waals surface area contributed by atoms with E-state index in [1.54, 1.807) is 0 Å². The Balaban J connectivity index is 0.00000180. The summed E-state index contributed by atoms with van der Waals surface area (Å²) in [4.78, 5) is 30.7. The molecule has 0 aromatic carbocycles.